The maximum atomic E-state index is 13.0. The van der Waals surface area contributed by atoms with Gasteiger partial charge in [-0.25, -0.2) is 28.2 Å². The standard InChI is InChI=1S/C23H23N7O4S2/c1-34-18-7-5-17(6-8-18)30-20(15-35-23-26-12-2-13-27-23)21(28-29-30)22(31)25-14-11-16-3-9-19(10-4-16)36(24,32)33/h2-10,12-13H,11,14-15H2,1H3,(H,25,31)(H2,24,32,33). The van der Waals surface area contributed by atoms with E-state index >= 15 is 0 Å². The Hall–Kier alpha value is -3.81. The zero-order valence-corrected chi connectivity index (χ0v) is 20.9. The van der Waals surface area contributed by atoms with Gasteiger partial charge in [-0.1, -0.05) is 29.1 Å². The van der Waals surface area contributed by atoms with Gasteiger partial charge in [0.25, 0.3) is 5.91 Å². The van der Waals surface area contributed by atoms with Gasteiger partial charge in [-0.05, 0) is 54.4 Å². The zero-order chi connectivity index (χ0) is 25.5. The molecule has 3 N–H and O–H groups in total. The number of hydrogen-bond acceptors (Lipinski definition) is 9. The summed E-state index contributed by atoms with van der Waals surface area (Å²) in [6.45, 7) is 0.317. The van der Waals surface area contributed by atoms with Crippen molar-refractivity contribution >= 4 is 27.7 Å². The summed E-state index contributed by atoms with van der Waals surface area (Å²) in [6.07, 6.45) is 3.79. The average molecular weight is 526 g/mol. The molecule has 0 saturated carbocycles. The SMILES string of the molecule is COc1ccc(-n2nnc(C(=O)NCCc3ccc(S(N)(=O)=O)cc3)c2CSc2ncccn2)cc1. The summed E-state index contributed by atoms with van der Waals surface area (Å²) in [5, 5.41) is 16.9. The minimum atomic E-state index is -3.75. The van der Waals surface area contributed by atoms with Crippen molar-refractivity contribution in [3.63, 3.8) is 0 Å². The highest BCUT2D eigenvalue weighted by atomic mass is 32.2. The van der Waals surface area contributed by atoms with Crippen molar-refractivity contribution in [3.05, 3.63) is 83.9 Å². The first-order valence-corrected chi connectivity index (χ1v) is 13.3. The van der Waals surface area contributed by atoms with Crippen molar-refractivity contribution in [2.24, 2.45) is 5.14 Å². The molecule has 0 atom stereocenters. The Morgan fingerprint density at radius 1 is 1.08 bits per heavy atom. The van der Waals surface area contributed by atoms with E-state index in [1.165, 1.54) is 23.9 Å². The third-order valence-electron chi connectivity index (χ3n) is 5.13. The molecule has 0 aliphatic heterocycles. The Morgan fingerprint density at radius 2 is 1.78 bits per heavy atom. The molecule has 0 radical (unpaired) electrons. The van der Waals surface area contributed by atoms with Crippen molar-refractivity contribution in [1.29, 1.82) is 0 Å². The number of methoxy groups -OCH3 is 1. The van der Waals surface area contributed by atoms with Crippen LogP contribution in [0, 0.1) is 0 Å². The van der Waals surface area contributed by atoms with E-state index in [1.807, 2.05) is 12.1 Å². The van der Waals surface area contributed by atoms with Crippen LogP contribution in [-0.2, 0) is 22.2 Å². The molecule has 2 heterocycles. The number of primary sulfonamides is 1. The Kier molecular flexibility index (Phi) is 7.93. The van der Waals surface area contributed by atoms with Gasteiger partial charge >= 0.3 is 0 Å². The second-order valence-corrected chi connectivity index (χ2v) is 10.0. The van der Waals surface area contributed by atoms with Crippen LogP contribution in [0.25, 0.3) is 5.69 Å². The van der Waals surface area contributed by atoms with Gasteiger partial charge in [-0.2, -0.15) is 0 Å². The fraction of sp³-hybridized carbons (Fsp3) is 0.174. The summed E-state index contributed by atoms with van der Waals surface area (Å²) in [5.74, 6) is 0.684. The quantitative estimate of drug-likeness (QED) is 0.233. The van der Waals surface area contributed by atoms with Gasteiger partial charge in [0.2, 0.25) is 10.0 Å². The largest absolute Gasteiger partial charge is 0.497 e. The molecule has 0 unspecified atom stereocenters. The lowest BCUT2D eigenvalue weighted by molar-refractivity contribution is 0.0948. The number of amides is 1. The molecule has 0 spiro atoms. The van der Waals surface area contributed by atoms with Crippen LogP contribution in [-0.4, -0.2) is 52.9 Å². The molecule has 2 aromatic heterocycles. The van der Waals surface area contributed by atoms with Gasteiger partial charge in [-0.3, -0.25) is 4.79 Å². The van der Waals surface area contributed by atoms with Crippen molar-refractivity contribution in [2.75, 3.05) is 13.7 Å². The number of rotatable bonds is 10. The van der Waals surface area contributed by atoms with Crippen LogP contribution in [0.2, 0.25) is 0 Å². The van der Waals surface area contributed by atoms with Crippen LogP contribution in [0.1, 0.15) is 21.7 Å². The highest BCUT2D eigenvalue weighted by molar-refractivity contribution is 7.98. The van der Waals surface area contributed by atoms with Crippen molar-refractivity contribution in [1.82, 2.24) is 30.3 Å². The highest BCUT2D eigenvalue weighted by Crippen LogP contribution is 2.24. The normalized spacial score (nSPS) is 11.3. The summed E-state index contributed by atoms with van der Waals surface area (Å²) >= 11 is 1.36. The van der Waals surface area contributed by atoms with E-state index in [4.69, 9.17) is 9.88 Å². The molecule has 0 aliphatic rings. The fourth-order valence-corrected chi connectivity index (χ4v) is 4.59. The Labute approximate surface area is 212 Å². The predicted molar refractivity (Wildman–Crippen MR) is 133 cm³/mol. The molecule has 0 aliphatic carbocycles. The van der Waals surface area contributed by atoms with Crippen molar-refractivity contribution in [2.45, 2.75) is 22.2 Å². The number of carbonyl (C=O) groups excluding carboxylic acids is 1. The predicted octanol–water partition coefficient (Wildman–Crippen LogP) is 1.98. The van der Waals surface area contributed by atoms with Gasteiger partial charge < -0.3 is 10.1 Å². The van der Waals surface area contributed by atoms with E-state index in [0.29, 0.717) is 35.3 Å². The number of hydrogen-bond donors (Lipinski definition) is 2. The first-order valence-electron chi connectivity index (χ1n) is 10.7. The average Bonchev–Trinajstić information content (AvgIpc) is 3.32. The first-order chi connectivity index (χ1) is 17.3. The molecule has 0 fully saturated rings. The number of carbonyl (C=O) groups is 1. The van der Waals surface area contributed by atoms with E-state index in [2.05, 4.69) is 25.6 Å². The molecular weight excluding hydrogens is 502 g/mol. The van der Waals surface area contributed by atoms with Gasteiger partial charge in [0.15, 0.2) is 10.9 Å². The third kappa shape index (κ3) is 6.24. The lowest BCUT2D eigenvalue weighted by atomic mass is 10.1. The van der Waals surface area contributed by atoms with Gasteiger partial charge in [0.05, 0.1) is 23.4 Å². The number of nitrogens with zero attached hydrogens (tertiary/aromatic N) is 5. The van der Waals surface area contributed by atoms with Crippen LogP contribution in [0.15, 0.2) is 77.0 Å². The van der Waals surface area contributed by atoms with Crippen molar-refractivity contribution in [3.8, 4) is 11.4 Å². The highest BCUT2D eigenvalue weighted by Gasteiger charge is 2.21. The number of nitrogens with two attached hydrogens (primary N) is 1. The lowest BCUT2D eigenvalue weighted by Gasteiger charge is -2.09. The molecule has 4 rings (SSSR count). The molecule has 2 aromatic carbocycles. The Morgan fingerprint density at radius 3 is 2.42 bits per heavy atom. The smallest absolute Gasteiger partial charge is 0.273 e. The van der Waals surface area contributed by atoms with Gasteiger partial charge in [0.1, 0.15) is 5.75 Å². The molecule has 1 amide bonds. The van der Waals surface area contributed by atoms with E-state index in [9.17, 15) is 13.2 Å². The van der Waals surface area contributed by atoms with Gasteiger partial charge in [0, 0.05) is 24.7 Å². The summed E-state index contributed by atoms with van der Waals surface area (Å²) in [5.41, 5.74) is 2.36. The third-order valence-corrected chi connectivity index (χ3v) is 6.94. The van der Waals surface area contributed by atoms with Crippen molar-refractivity contribution < 1.29 is 17.9 Å². The number of sulfonamides is 1. The molecule has 13 heteroatoms. The van der Waals surface area contributed by atoms with Crippen LogP contribution in [0.3, 0.4) is 0 Å². The molecule has 0 saturated heterocycles. The molecule has 0 bridgehead atoms. The summed E-state index contributed by atoms with van der Waals surface area (Å²) in [6, 6.07) is 15.2. The molecular formula is C23H23N7O4S2. The summed E-state index contributed by atoms with van der Waals surface area (Å²) in [7, 11) is -2.16. The molecule has 36 heavy (non-hydrogen) atoms. The van der Waals surface area contributed by atoms with Gasteiger partial charge in [-0.15, -0.1) is 5.10 Å². The monoisotopic (exact) mass is 525 g/mol. The second kappa shape index (κ2) is 11.3. The summed E-state index contributed by atoms with van der Waals surface area (Å²) < 4.78 is 29.6. The number of thioether (sulfide) groups is 1. The zero-order valence-electron chi connectivity index (χ0n) is 19.2. The van der Waals surface area contributed by atoms with E-state index < -0.39 is 10.0 Å². The fourth-order valence-electron chi connectivity index (χ4n) is 3.28. The number of ether oxygens (including phenoxy) is 1. The minimum absolute atomic E-state index is 0.0370. The maximum absolute atomic E-state index is 13.0. The first kappa shape index (κ1) is 25.3. The van der Waals surface area contributed by atoms with Crippen LogP contribution < -0.4 is 15.2 Å². The lowest BCUT2D eigenvalue weighted by Crippen LogP contribution is -2.27. The Balaban J connectivity index is 1.49. The molecule has 4 aromatic rings. The number of aromatic nitrogens is 5. The summed E-state index contributed by atoms with van der Waals surface area (Å²) in [4.78, 5) is 21.5. The van der Waals surface area contributed by atoms with E-state index in [1.54, 1.807) is 54.5 Å². The maximum Gasteiger partial charge on any atom is 0.273 e. The number of benzene rings is 2. The van der Waals surface area contributed by atoms with E-state index in [0.717, 1.165) is 11.3 Å². The molecule has 186 valence electrons. The van der Waals surface area contributed by atoms with Crippen LogP contribution in [0.4, 0.5) is 0 Å². The molecule has 11 nitrogen and oxygen atoms in total. The van der Waals surface area contributed by atoms with E-state index in [-0.39, 0.29) is 16.5 Å². The minimum Gasteiger partial charge on any atom is -0.497 e. The van der Waals surface area contributed by atoms with Crippen LogP contribution >= 0.6 is 11.8 Å². The topological polar surface area (TPSA) is 155 Å². The Bertz CT molecular complexity index is 1430. The number of nitrogens with one attached hydrogen (secondary N) is 1. The second-order valence-electron chi connectivity index (χ2n) is 7.51. The van der Waals surface area contributed by atoms with Crippen LogP contribution in [0.5, 0.6) is 5.75 Å².